The normalized spacial score (nSPS) is 11.2. The van der Waals surface area contributed by atoms with E-state index in [0.29, 0.717) is 5.82 Å². The molecule has 268 valence electrons. The van der Waals surface area contributed by atoms with Crippen LogP contribution in [0.2, 0.25) is 0 Å². The van der Waals surface area contributed by atoms with Crippen LogP contribution in [0.4, 0.5) is 0 Å². The first-order valence-electron chi connectivity index (χ1n) is 19.3. The van der Waals surface area contributed by atoms with Gasteiger partial charge < -0.3 is 0 Å². The summed E-state index contributed by atoms with van der Waals surface area (Å²) >= 11 is 0. The van der Waals surface area contributed by atoms with Crippen molar-refractivity contribution in [3.8, 4) is 78.4 Å². The molecule has 0 spiro atoms. The van der Waals surface area contributed by atoms with Crippen molar-refractivity contribution in [2.45, 2.75) is 6.92 Å². The first-order valence-corrected chi connectivity index (χ1v) is 19.3. The first-order chi connectivity index (χ1) is 28.1. The van der Waals surface area contributed by atoms with Gasteiger partial charge in [-0.25, -0.2) is 9.97 Å². The quantitative estimate of drug-likeness (QED) is 0.153. The fraction of sp³-hybridized carbons (Fsp3) is 0.0185. The van der Waals surface area contributed by atoms with Gasteiger partial charge >= 0.3 is 0 Å². The topological polar surface area (TPSA) is 38.7 Å². The summed E-state index contributed by atoms with van der Waals surface area (Å²) in [7, 11) is 0. The van der Waals surface area contributed by atoms with E-state index in [1.54, 1.807) is 0 Å². The lowest BCUT2D eigenvalue weighted by Gasteiger charge is -2.16. The molecule has 0 atom stereocenters. The minimum absolute atomic E-state index is 0.682. The number of aryl methyl sites for hydroxylation is 1. The highest BCUT2D eigenvalue weighted by molar-refractivity contribution is 6.13. The van der Waals surface area contributed by atoms with Gasteiger partial charge in [0.15, 0.2) is 5.82 Å². The Labute approximate surface area is 332 Å². The van der Waals surface area contributed by atoms with Crippen LogP contribution in [0.5, 0.6) is 0 Å². The third-order valence-corrected chi connectivity index (χ3v) is 10.8. The van der Waals surface area contributed by atoms with E-state index in [9.17, 15) is 0 Å². The van der Waals surface area contributed by atoms with Crippen LogP contribution in [0.3, 0.4) is 0 Å². The second-order valence-electron chi connectivity index (χ2n) is 14.5. The average molecular weight is 728 g/mol. The summed E-state index contributed by atoms with van der Waals surface area (Å²) < 4.78 is 0. The Morgan fingerprint density at radius 1 is 0.316 bits per heavy atom. The summed E-state index contributed by atoms with van der Waals surface area (Å²) in [6.07, 6.45) is 1.95. The fourth-order valence-corrected chi connectivity index (χ4v) is 7.85. The van der Waals surface area contributed by atoms with Gasteiger partial charge in [0.05, 0.1) is 11.4 Å². The zero-order chi connectivity index (χ0) is 38.1. The SMILES string of the molecule is Cc1ccc(-c2cccc(-c3ccc(-c4cc(-c5nc(-c6ccccc6)cc(-c6ccccc6)n5)cc(-c5c6ccccc6cc6ccccc56)c4)cc3)c2)cn1. The minimum Gasteiger partial charge on any atom is -0.261 e. The number of pyridine rings is 1. The number of rotatable bonds is 7. The van der Waals surface area contributed by atoms with Crippen LogP contribution in [-0.4, -0.2) is 15.0 Å². The van der Waals surface area contributed by atoms with E-state index in [0.717, 1.165) is 72.7 Å². The first kappa shape index (κ1) is 34.0. The molecule has 8 aromatic carbocycles. The van der Waals surface area contributed by atoms with Gasteiger partial charge in [0, 0.05) is 34.1 Å². The molecule has 0 aliphatic rings. The highest BCUT2D eigenvalue weighted by Gasteiger charge is 2.17. The lowest BCUT2D eigenvalue weighted by molar-refractivity contribution is 1.18. The zero-order valence-electron chi connectivity index (χ0n) is 31.5. The van der Waals surface area contributed by atoms with Gasteiger partial charge in [-0.1, -0.05) is 158 Å². The molecule has 0 saturated carbocycles. The van der Waals surface area contributed by atoms with E-state index in [1.807, 2.05) is 25.3 Å². The molecule has 0 aliphatic carbocycles. The Hall–Kier alpha value is -7.49. The van der Waals surface area contributed by atoms with Gasteiger partial charge in [-0.15, -0.1) is 0 Å². The van der Waals surface area contributed by atoms with E-state index in [4.69, 9.17) is 9.97 Å². The lowest BCUT2D eigenvalue weighted by Crippen LogP contribution is -1.97. The third-order valence-electron chi connectivity index (χ3n) is 10.8. The maximum absolute atomic E-state index is 5.27. The lowest BCUT2D eigenvalue weighted by atomic mass is 9.89. The van der Waals surface area contributed by atoms with Crippen molar-refractivity contribution in [2.24, 2.45) is 0 Å². The van der Waals surface area contributed by atoms with Crippen LogP contribution in [0.15, 0.2) is 206 Å². The molecule has 57 heavy (non-hydrogen) atoms. The standard InChI is InChI=1S/C54H37N3/c1-36-23-24-45(35-55-36)42-20-12-19-41(29-42)37-25-27-38(28-26-37)46-31-47(53-49-21-10-8-17-43(49)30-44-18-9-11-22-50(44)53)33-48(32-46)54-56-51(39-13-4-2-5-14-39)34-52(57-54)40-15-6-3-7-16-40/h2-35H,1H3. The molecule has 0 fully saturated rings. The molecular formula is C54H37N3. The van der Waals surface area contributed by atoms with Crippen LogP contribution in [0, 0.1) is 6.92 Å². The van der Waals surface area contributed by atoms with Gasteiger partial charge in [0.2, 0.25) is 0 Å². The Balaban J connectivity index is 1.16. The maximum Gasteiger partial charge on any atom is 0.160 e. The van der Waals surface area contributed by atoms with Gasteiger partial charge in [-0.3, -0.25) is 4.98 Å². The Morgan fingerprint density at radius 2 is 0.789 bits per heavy atom. The Morgan fingerprint density at radius 3 is 1.39 bits per heavy atom. The number of benzene rings is 8. The van der Waals surface area contributed by atoms with Crippen molar-refractivity contribution >= 4 is 21.5 Å². The molecule has 10 rings (SSSR count). The highest BCUT2D eigenvalue weighted by Crippen LogP contribution is 2.41. The molecule has 0 unspecified atom stereocenters. The molecule has 2 heterocycles. The zero-order valence-corrected chi connectivity index (χ0v) is 31.5. The minimum atomic E-state index is 0.682. The Kier molecular flexibility index (Phi) is 8.74. The molecule has 0 aliphatic heterocycles. The number of fused-ring (bicyclic) bond motifs is 2. The van der Waals surface area contributed by atoms with E-state index >= 15 is 0 Å². The van der Waals surface area contributed by atoms with Crippen molar-refractivity contribution < 1.29 is 0 Å². The number of aromatic nitrogens is 3. The second kappa shape index (κ2) is 14.6. The van der Waals surface area contributed by atoms with Crippen LogP contribution in [-0.2, 0) is 0 Å². The number of nitrogens with zero attached hydrogens (tertiary/aromatic N) is 3. The summed E-state index contributed by atoms with van der Waals surface area (Å²) in [6, 6.07) is 71.2. The molecular weight excluding hydrogens is 691 g/mol. The third kappa shape index (κ3) is 6.77. The van der Waals surface area contributed by atoms with Gasteiger partial charge in [0.1, 0.15) is 0 Å². The van der Waals surface area contributed by atoms with Crippen molar-refractivity contribution in [1.82, 2.24) is 15.0 Å². The van der Waals surface area contributed by atoms with Crippen molar-refractivity contribution in [1.29, 1.82) is 0 Å². The largest absolute Gasteiger partial charge is 0.261 e. The van der Waals surface area contributed by atoms with Crippen molar-refractivity contribution in [2.75, 3.05) is 0 Å². The molecule has 3 nitrogen and oxygen atoms in total. The summed E-state index contributed by atoms with van der Waals surface area (Å²) in [5.41, 5.74) is 15.0. The fourth-order valence-electron chi connectivity index (χ4n) is 7.85. The van der Waals surface area contributed by atoms with Crippen molar-refractivity contribution in [3.63, 3.8) is 0 Å². The van der Waals surface area contributed by atoms with E-state index in [-0.39, 0.29) is 0 Å². The summed E-state index contributed by atoms with van der Waals surface area (Å²) in [4.78, 5) is 15.1. The van der Waals surface area contributed by atoms with Crippen LogP contribution in [0.1, 0.15) is 5.69 Å². The van der Waals surface area contributed by atoms with Crippen LogP contribution < -0.4 is 0 Å². The molecule has 0 N–H and O–H groups in total. The van der Waals surface area contributed by atoms with Crippen LogP contribution in [0.25, 0.3) is 100.0 Å². The van der Waals surface area contributed by atoms with Crippen LogP contribution >= 0.6 is 0 Å². The summed E-state index contributed by atoms with van der Waals surface area (Å²) in [5, 5.41) is 4.84. The second-order valence-corrected chi connectivity index (χ2v) is 14.5. The average Bonchev–Trinajstić information content (AvgIpc) is 3.29. The predicted molar refractivity (Wildman–Crippen MR) is 238 cm³/mol. The molecule has 3 heteroatoms. The monoisotopic (exact) mass is 727 g/mol. The van der Waals surface area contributed by atoms with Gasteiger partial charge in [-0.2, -0.15) is 0 Å². The molecule has 0 radical (unpaired) electrons. The van der Waals surface area contributed by atoms with Crippen molar-refractivity contribution in [3.05, 3.63) is 212 Å². The maximum atomic E-state index is 5.27. The smallest absolute Gasteiger partial charge is 0.160 e. The molecule has 0 amide bonds. The number of hydrogen-bond acceptors (Lipinski definition) is 3. The molecule has 10 aromatic rings. The molecule has 2 aromatic heterocycles. The van der Waals surface area contributed by atoms with Gasteiger partial charge in [-0.05, 0) is 110 Å². The molecule has 0 saturated heterocycles. The summed E-state index contributed by atoms with van der Waals surface area (Å²) in [5.74, 6) is 0.682. The highest BCUT2D eigenvalue weighted by atomic mass is 14.9. The van der Waals surface area contributed by atoms with E-state index in [2.05, 4.69) is 193 Å². The van der Waals surface area contributed by atoms with Gasteiger partial charge in [0.25, 0.3) is 0 Å². The Bertz CT molecular complexity index is 2930. The predicted octanol–water partition coefficient (Wildman–Crippen LogP) is 14.2. The van der Waals surface area contributed by atoms with E-state index < -0.39 is 0 Å². The summed E-state index contributed by atoms with van der Waals surface area (Å²) in [6.45, 7) is 2.02. The molecule has 0 bridgehead atoms. The van der Waals surface area contributed by atoms with E-state index in [1.165, 1.54) is 27.1 Å². The number of hydrogen-bond donors (Lipinski definition) is 0.